The minimum Gasteiger partial charge on any atom is -0.465 e. The second-order valence-corrected chi connectivity index (χ2v) is 7.75. The lowest BCUT2D eigenvalue weighted by molar-refractivity contribution is 0.0606. The van der Waals surface area contributed by atoms with Crippen LogP contribution in [0.5, 0.6) is 0 Å². The first-order chi connectivity index (χ1) is 11.2. The molecule has 1 aromatic heterocycles. The molecule has 128 valence electrons. The Labute approximate surface area is 142 Å². The molecule has 1 atom stereocenters. The van der Waals surface area contributed by atoms with Crippen molar-refractivity contribution in [2.24, 2.45) is 5.92 Å². The zero-order valence-electron chi connectivity index (χ0n) is 14.0. The fraction of sp³-hybridized carbons (Fsp3) is 0.706. The first-order valence-corrected chi connectivity index (χ1v) is 9.17. The summed E-state index contributed by atoms with van der Waals surface area (Å²) < 4.78 is 10.3. The fourth-order valence-corrected chi connectivity index (χ4v) is 4.29. The van der Waals surface area contributed by atoms with Crippen molar-refractivity contribution in [1.29, 1.82) is 0 Å². The summed E-state index contributed by atoms with van der Waals surface area (Å²) in [5, 5.41) is 0. The number of thiophene rings is 1. The van der Waals surface area contributed by atoms with E-state index >= 15 is 0 Å². The zero-order valence-corrected chi connectivity index (χ0v) is 14.9. The summed E-state index contributed by atoms with van der Waals surface area (Å²) in [6, 6.07) is 1.99. The van der Waals surface area contributed by atoms with Crippen molar-refractivity contribution in [2.45, 2.75) is 19.9 Å². The number of methoxy groups -OCH3 is 1. The zero-order chi connectivity index (χ0) is 16.2. The van der Waals surface area contributed by atoms with Crippen LogP contribution in [0, 0.1) is 12.8 Å². The van der Waals surface area contributed by atoms with E-state index < -0.39 is 0 Å². The minimum atomic E-state index is -0.229. The molecule has 0 saturated carbocycles. The Morgan fingerprint density at radius 3 is 2.74 bits per heavy atom. The Kier molecular flexibility index (Phi) is 5.69. The number of rotatable bonds is 5. The quantitative estimate of drug-likeness (QED) is 0.768. The van der Waals surface area contributed by atoms with Crippen LogP contribution in [0.15, 0.2) is 6.07 Å². The molecule has 23 heavy (non-hydrogen) atoms. The minimum absolute atomic E-state index is 0.229. The highest BCUT2D eigenvalue weighted by Crippen LogP contribution is 2.24. The lowest BCUT2D eigenvalue weighted by Gasteiger charge is -2.35. The highest BCUT2D eigenvalue weighted by Gasteiger charge is 2.23. The maximum atomic E-state index is 11.6. The van der Waals surface area contributed by atoms with Crippen LogP contribution in [0.25, 0.3) is 0 Å². The summed E-state index contributed by atoms with van der Waals surface area (Å²) in [4.78, 5) is 18.6. The topological polar surface area (TPSA) is 42.0 Å². The van der Waals surface area contributed by atoms with E-state index in [-0.39, 0.29) is 5.97 Å². The molecule has 0 unspecified atom stereocenters. The van der Waals surface area contributed by atoms with Gasteiger partial charge in [-0.15, -0.1) is 11.3 Å². The Morgan fingerprint density at radius 2 is 2.09 bits per heavy atom. The number of hydrogen-bond acceptors (Lipinski definition) is 6. The van der Waals surface area contributed by atoms with E-state index in [0.29, 0.717) is 4.88 Å². The van der Waals surface area contributed by atoms with Gasteiger partial charge in [0.15, 0.2) is 0 Å². The number of hydrogen-bond donors (Lipinski definition) is 0. The average molecular weight is 338 g/mol. The van der Waals surface area contributed by atoms with E-state index in [1.54, 1.807) is 0 Å². The van der Waals surface area contributed by atoms with Crippen molar-refractivity contribution in [2.75, 3.05) is 53.0 Å². The van der Waals surface area contributed by atoms with E-state index in [1.807, 2.05) is 6.07 Å². The van der Waals surface area contributed by atoms with E-state index in [0.717, 1.165) is 51.9 Å². The largest absolute Gasteiger partial charge is 0.465 e. The van der Waals surface area contributed by atoms with E-state index in [9.17, 15) is 4.79 Å². The van der Waals surface area contributed by atoms with Gasteiger partial charge in [0.05, 0.1) is 13.7 Å². The van der Waals surface area contributed by atoms with Gasteiger partial charge in [0.1, 0.15) is 4.88 Å². The van der Waals surface area contributed by atoms with Crippen LogP contribution in [0.3, 0.4) is 0 Å². The van der Waals surface area contributed by atoms with Gasteiger partial charge in [0.25, 0.3) is 0 Å². The third kappa shape index (κ3) is 4.32. The van der Waals surface area contributed by atoms with E-state index in [4.69, 9.17) is 9.47 Å². The molecule has 0 radical (unpaired) electrons. The first-order valence-electron chi connectivity index (χ1n) is 8.36. The van der Waals surface area contributed by atoms with Crippen LogP contribution in [0.4, 0.5) is 0 Å². The highest BCUT2D eigenvalue weighted by molar-refractivity contribution is 7.14. The van der Waals surface area contributed by atoms with Crippen molar-refractivity contribution in [3.63, 3.8) is 0 Å². The molecule has 5 nitrogen and oxygen atoms in total. The third-order valence-corrected chi connectivity index (χ3v) is 5.88. The van der Waals surface area contributed by atoms with Gasteiger partial charge in [-0.3, -0.25) is 4.90 Å². The number of nitrogens with zero attached hydrogens (tertiary/aromatic N) is 2. The normalized spacial score (nSPS) is 23.3. The molecule has 2 fully saturated rings. The molecule has 3 heterocycles. The SMILES string of the molecule is COC(=O)c1cc(CN2CCN(C[C@@H]3CCOC3)CC2)c(C)s1. The molecule has 2 saturated heterocycles. The number of aryl methyl sites for hydroxylation is 1. The van der Waals surface area contributed by atoms with E-state index in [1.165, 1.54) is 41.9 Å². The molecular formula is C17H26N2O3S. The van der Waals surface area contributed by atoms with Crippen LogP contribution in [-0.2, 0) is 16.0 Å². The smallest absolute Gasteiger partial charge is 0.348 e. The monoisotopic (exact) mass is 338 g/mol. The number of carbonyl (C=O) groups is 1. The van der Waals surface area contributed by atoms with Crippen molar-refractivity contribution in [3.8, 4) is 0 Å². The predicted molar refractivity (Wildman–Crippen MR) is 91.0 cm³/mol. The van der Waals surface area contributed by atoms with Gasteiger partial charge in [-0.1, -0.05) is 0 Å². The number of carbonyl (C=O) groups excluding carboxylic acids is 1. The van der Waals surface area contributed by atoms with Crippen molar-refractivity contribution < 1.29 is 14.3 Å². The molecule has 0 spiro atoms. The Balaban J connectivity index is 1.48. The summed E-state index contributed by atoms with van der Waals surface area (Å²) >= 11 is 1.53. The molecule has 1 aromatic rings. The Morgan fingerprint density at radius 1 is 1.35 bits per heavy atom. The van der Waals surface area contributed by atoms with Gasteiger partial charge in [0, 0.05) is 50.8 Å². The second-order valence-electron chi connectivity index (χ2n) is 6.49. The summed E-state index contributed by atoms with van der Waals surface area (Å²) in [7, 11) is 1.44. The van der Waals surface area contributed by atoms with Crippen LogP contribution >= 0.6 is 11.3 Å². The summed E-state index contributed by atoms with van der Waals surface area (Å²) in [6.07, 6.45) is 1.21. The lowest BCUT2D eigenvalue weighted by Crippen LogP contribution is -2.47. The van der Waals surface area contributed by atoms with Crippen molar-refractivity contribution >= 4 is 17.3 Å². The van der Waals surface area contributed by atoms with Crippen LogP contribution < -0.4 is 0 Å². The molecule has 2 aliphatic heterocycles. The standard InChI is InChI=1S/C17H26N2O3S/c1-13-15(9-16(23-13)17(20)21-2)11-19-6-4-18(5-7-19)10-14-3-8-22-12-14/h9,14H,3-8,10-12H2,1-2H3/t14-/m0/s1. The van der Waals surface area contributed by atoms with Crippen LogP contribution in [0.2, 0.25) is 0 Å². The maximum absolute atomic E-state index is 11.6. The molecule has 6 heteroatoms. The van der Waals surface area contributed by atoms with Gasteiger partial charge >= 0.3 is 5.97 Å². The fourth-order valence-electron chi connectivity index (χ4n) is 3.34. The maximum Gasteiger partial charge on any atom is 0.348 e. The molecule has 2 aliphatic rings. The summed E-state index contributed by atoms with van der Waals surface area (Å²) in [6.45, 7) is 10.5. The molecular weight excluding hydrogens is 312 g/mol. The van der Waals surface area contributed by atoms with Crippen molar-refractivity contribution in [1.82, 2.24) is 9.80 Å². The predicted octanol–water partition coefficient (Wildman–Crippen LogP) is 2.00. The highest BCUT2D eigenvalue weighted by atomic mass is 32.1. The summed E-state index contributed by atoms with van der Waals surface area (Å²) in [5.41, 5.74) is 1.26. The second kappa shape index (κ2) is 7.75. The molecule has 0 amide bonds. The number of piperazine rings is 1. The Bertz CT molecular complexity index is 532. The number of ether oxygens (including phenoxy) is 2. The molecule has 0 aromatic carbocycles. The summed E-state index contributed by atoms with van der Waals surface area (Å²) in [5.74, 6) is 0.497. The first kappa shape index (κ1) is 16.9. The molecule has 0 bridgehead atoms. The molecule has 0 N–H and O–H groups in total. The number of esters is 1. The van der Waals surface area contributed by atoms with Crippen molar-refractivity contribution in [3.05, 3.63) is 21.4 Å². The molecule has 0 aliphatic carbocycles. The van der Waals surface area contributed by atoms with E-state index in [2.05, 4.69) is 16.7 Å². The average Bonchev–Trinajstić information content (AvgIpc) is 3.19. The van der Waals surface area contributed by atoms with Crippen LogP contribution in [0.1, 0.15) is 26.5 Å². The van der Waals surface area contributed by atoms with Gasteiger partial charge in [-0.05, 0) is 30.9 Å². The third-order valence-electron chi connectivity index (χ3n) is 4.81. The molecule has 3 rings (SSSR count). The van der Waals surface area contributed by atoms with Crippen LogP contribution in [-0.4, -0.2) is 68.8 Å². The van der Waals surface area contributed by atoms with Gasteiger partial charge < -0.3 is 14.4 Å². The Hall–Kier alpha value is -0.950. The van der Waals surface area contributed by atoms with Gasteiger partial charge in [-0.25, -0.2) is 4.79 Å². The van der Waals surface area contributed by atoms with Gasteiger partial charge in [0.2, 0.25) is 0 Å². The van der Waals surface area contributed by atoms with Gasteiger partial charge in [-0.2, -0.15) is 0 Å². The lowest BCUT2D eigenvalue weighted by atomic mass is 10.1.